The molecule has 0 radical (unpaired) electrons. The number of phenolic OH excluding ortho intramolecular Hbond substituents is 1. The molecule has 0 spiro atoms. The fourth-order valence-corrected chi connectivity index (χ4v) is 4.19. The molecule has 7 heteroatoms. The third-order valence-electron chi connectivity index (χ3n) is 5.95. The van der Waals surface area contributed by atoms with Crippen LogP contribution in [0.4, 0.5) is 0 Å². The molecule has 6 nitrogen and oxygen atoms in total. The maximum Gasteiger partial charge on any atom is 0.306 e. The van der Waals surface area contributed by atoms with E-state index in [0.717, 1.165) is 11.1 Å². The van der Waals surface area contributed by atoms with E-state index in [9.17, 15) is 9.90 Å². The number of ether oxygens (including phenoxy) is 1. The fourth-order valence-electron chi connectivity index (χ4n) is 4.02. The number of aromatic hydroxyl groups is 1. The van der Waals surface area contributed by atoms with Crippen LogP contribution in [0.5, 0.6) is 5.75 Å². The van der Waals surface area contributed by atoms with E-state index in [4.69, 9.17) is 16.3 Å². The van der Waals surface area contributed by atoms with Gasteiger partial charge in [0.2, 0.25) is 0 Å². The molecule has 4 rings (SSSR count). The van der Waals surface area contributed by atoms with Gasteiger partial charge in [-0.15, -0.1) is 15.0 Å². The Hall–Kier alpha value is -3.38. The minimum Gasteiger partial charge on any atom is -0.506 e. The molecule has 0 fully saturated rings. The van der Waals surface area contributed by atoms with Crippen molar-refractivity contribution < 1.29 is 14.6 Å². The topological polar surface area (TPSA) is 77.2 Å². The summed E-state index contributed by atoms with van der Waals surface area (Å²) in [6, 6.07) is 20.6. The molecule has 0 amide bonds. The van der Waals surface area contributed by atoms with Crippen LogP contribution >= 0.6 is 11.6 Å². The van der Waals surface area contributed by atoms with Gasteiger partial charge in [-0.3, -0.25) is 4.79 Å². The highest BCUT2D eigenvalue weighted by Crippen LogP contribution is 2.42. The van der Waals surface area contributed by atoms with E-state index in [1.165, 1.54) is 11.9 Å². The number of phenols is 1. The minimum atomic E-state index is -0.389. The Morgan fingerprint density at radius 2 is 1.78 bits per heavy atom. The highest BCUT2D eigenvalue weighted by molar-refractivity contribution is 6.31. The van der Waals surface area contributed by atoms with Crippen LogP contribution in [-0.2, 0) is 14.9 Å². The lowest BCUT2D eigenvalue weighted by atomic mass is 9.69. The summed E-state index contributed by atoms with van der Waals surface area (Å²) < 4.78 is 4.99. The summed E-state index contributed by atoms with van der Waals surface area (Å²) in [5.74, 6) is -0.475. The third kappa shape index (κ3) is 4.18. The van der Waals surface area contributed by atoms with E-state index in [1.54, 1.807) is 24.3 Å². The van der Waals surface area contributed by atoms with Gasteiger partial charge < -0.3 is 9.84 Å². The van der Waals surface area contributed by atoms with Crippen LogP contribution in [0, 0.1) is 0 Å². The molecule has 164 valence electrons. The Kier molecular flexibility index (Phi) is 5.89. The first-order valence-electron chi connectivity index (χ1n) is 10.3. The molecule has 1 atom stereocenters. The molecule has 0 bridgehead atoms. The molecule has 1 aromatic heterocycles. The molecule has 1 heterocycles. The molecule has 0 saturated heterocycles. The minimum absolute atomic E-state index is 0.0366. The summed E-state index contributed by atoms with van der Waals surface area (Å²) in [7, 11) is 1.39. The molecular weight excluding hydrogens is 426 g/mol. The maximum atomic E-state index is 12.3. The van der Waals surface area contributed by atoms with Gasteiger partial charge >= 0.3 is 5.97 Å². The molecule has 32 heavy (non-hydrogen) atoms. The average Bonchev–Trinajstić information content (AvgIpc) is 3.21. The lowest BCUT2D eigenvalue weighted by Crippen LogP contribution is -2.29. The van der Waals surface area contributed by atoms with Gasteiger partial charge in [-0.1, -0.05) is 61.8 Å². The zero-order valence-electron chi connectivity index (χ0n) is 18.1. The largest absolute Gasteiger partial charge is 0.506 e. The summed E-state index contributed by atoms with van der Waals surface area (Å²) in [5.41, 5.74) is 3.29. The summed E-state index contributed by atoms with van der Waals surface area (Å²) in [5, 5.41) is 20.1. The van der Waals surface area contributed by atoms with Gasteiger partial charge in [-0.25, -0.2) is 0 Å². The van der Waals surface area contributed by atoms with Crippen LogP contribution in [0.1, 0.15) is 37.3 Å². The predicted molar refractivity (Wildman–Crippen MR) is 124 cm³/mol. The van der Waals surface area contributed by atoms with Gasteiger partial charge in [0.15, 0.2) is 0 Å². The van der Waals surface area contributed by atoms with Crippen molar-refractivity contribution in [1.29, 1.82) is 0 Å². The molecule has 0 aliphatic rings. The Bertz CT molecular complexity index is 1270. The number of nitrogens with zero attached hydrogens (tertiary/aromatic N) is 3. The van der Waals surface area contributed by atoms with Crippen LogP contribution in [0.15, 0.2) is 66.7 Å². The Balaban J connectivity index is 1.82. The molecular formula is C25H24ClN3O3. The lowest BCUT2D eigenvalue weighted by molar-refractivity contribution is -0.141. The first-order valence-corrected chi connectivity index (χ1v) is 10.7. The molecule has 3 aromatic carbocycles. The lowest BCUT2D eigenvalue weighted by Gasteiger charge is -2.35. The number of esters is 1. The van der Waals surface area contributed by atoms with E-state index in [0.29, 0.717) is 21.7 Å². The third-order valence-corrected chi connectivity index (χ3v) is 6.18. The number of rotatable bonds is 6. The highest BCUT2D eigenvalue weighted by atomic mass is 35.5. The van der Waals surface area contributed by atoms with Gasteiger partial charge in [0.05, 0.1) is 13.5 Å². The average molecular weight is 450 g/mol. The Morgan fingerprint density at radius 1 is 1.06 bits per heavy atom. The summed E-state index contributed by atoms with van der Waals surface area (Å²) in [6.45, 7) is 4.20. The number of hydrogen-bond acceptors (Lipinski definition) is 5. The van der Waals surface area contributed by atoms with E-state index < -0.39 is 0 Å². The highest BCUT2D eigenvalue weighted by Gasteiger charge is 2.35. The van der Waals surface area contributed by atoms with Crippen molar-refractivity contribution in [3.63, 3.8) is 0 Å². The van der Waals surface area contributed by atoms with Crippen molar-refractivity contribution in [2.24, 2.45) is 0 Å². The number of fused-ring (bicyclic) bond motifs is 1. The van der Waals surface area contributed by atoms with Crippen molar-refractivity contribution in [2.45, 2.75) is 31.6 Å². The van der Waals surface area contributed by atoms with Crippen molar-refractivity contribution >= 4 is 28.6 Å². The predicted octanol–water partition coefficient (Wildman–Crippen LogP) is 5.40. The number of methoxy groups -OCH3 is 1. The fraction of sp³-hybridized carbons (Fsp3) is 0.240. The quantitative estimate of drug-likeness (QED) is 0.398. The van der Waals surface area contributed by atoms with E-state index >= 15 is 0 Å². The number of carbonyl (C=O) groups excluding carboxylic acids is 1. The second-order valence-corrected chi connectivity index (χ2v) is 8.73. The SMILES string of the molecule is COC(=O)CC(c1ccc(O)c(-n2nc3ccc(Cl)cc3n2)c1)C(C)(C)c1ccccc1. The van der Waals surface area contributed by atoms with E-state index in [1.807, 2.05) is 30.3 Å². The molecule has 0 aliphatic carbocycles. The molecule has 1 N–H and O–H groups in total. The second kappa shape index (κ2) is 8.63. The number of halogens is 1. The van der Waals surface area contributed by atoms with Crippen molar-refractivity contribution in [2.75, 3.05) is 7.11 Å². The van der Waals surface area contributed by atoms with Gasteiger partial charge in [-0.05, 0) is 46.9 Å². The van der Waals surface area contributed by atoms with Crippen LogP contribution < -0.4 is 0 Å². The van der Waals surface area contributed by atoms with E-state index in [2.05, 4.69) is 36.2 Å². The van der Waals surface area contributed by atoms with Crippen LogP contribution in [-0.4, -0.2) is 33.2 Å². The first kappa shape index (κ1) is 21.8. The zero-order valence-corrected chi connectivity index (χ0v) is 18.9. The van der Waals surface area contributed by atoms with Crippen LogP contribution in [0.2, 0.25) is 5.02 Å². The van der Waals surface area contributed by atoms with Crippen LogP contribution in [0.3, 0.4) is 0 Å². The maximum absolute atomic E-state index is 12.3. The van der Waals surface area contributed by atoms with Crippen molar-refractivity contribution in [3.8, 4) is 11.4 Å². The molecule has 0 saturated carbocycles. The number of aromatic nitrogens is 3. The first-order chi connectivity index (χ1) is 15.3. The molecule has 0 aliphatic heterocycles. The smallest absolute Gasteiger partial charge is 0.306 e. The standard InChI is InChI=1S/C25H24ClN3O3/c1-25(2,17-7-5-4-6-8-17)19(15-24(31)32-3)16-9-12-23(30)22(13-16)29-27-20-11-10-18(26)14-21(20)28-29/h4-14,19,30H,15H2,1-3H3. The van der Waals surface area contributed by atoms with Gasteiger partial charge in [0, 0.05) is 10.9 Å². The Labute approximate surface area is 191 Å². The number of hydrogen-bond donors (Lipinski definition) is 1. The van der Waals surface area contributed by atoms with E-state index in [-0.39, 0.29) is 29.5 Å². The van der Waals surface area contributed by atoms with Crippen molar-refractivity contribution in [3.05, 3.63) is 82.9 Å². The molecule has 1 unspecified atom stereocenters. The second-order valence-electron chi connectivity index (χ2n) is 8.29. The number of carbonyl (C=O) groups is 1. The summed E-state index contributed by atoms with van der Waals surface area (Å²) >= 11 is 6.07. The van der Waals surface area contributed by atoms with Gasteiger partial charge in [0.1, 0.15) is 22.5 Å². The Morgan fingerprint density at radius 3 is 2.50 bits per heavy atom. The summed E-state index contributed by atoms with van der Waals surface area (Å²) in [6.07, 6.45) is 0.187. The zero-order chi connectivity index (χ0) is 22.9. The monoisotopic (exact) mass is 449 g/mol. The number of benzene rings is 3. The normalized spacial score (nSPS) is 12.6. The summed E-state index contributed by atoms with van der Waals surface area (Å²) in [4.78, 5) is 13.7. The molecule has 4 aromatic rings. The van der Waals surface area contributed by atoms with Crippen LogP contribution in [0.25, 0.3) is 16.7 Å². The van der Waals surface area contributed by atoms with Gasteiger partial charge in [-0.2, -0.15) is 0 Å². The van der Waals surface area contributed by atoms with Crippen molar-refractivity contribution in [1.82, 2.24) is 15.0 Å². The van der Waals surface area contributed by atoms with Gasteiger partial charge in [0.25, 0.3) is 0 Å².